The number of halogens is 6. The van der Waals surface area contributed by atoms with E-state index < -0.39 is 18.2 Å². The fourth-order valence-corrected chi connectivity index (χ4v) is 6.30. The predicted octanol–water partition coefficient (Wildman–Crippen LogP) is 8.00. The molecule has 0 saturated carbocycles. The highest BCUT2D eigenvalue weighted by Crippen LogP contribution is 2.38. The van der Waals surface area contributed by atoms with Gasteiger partial charge in [-0.15, -0.1) is 18.7 Å². The van der Waals surface area contributed by atoms with Crippen LogP contribution in [0.5, 0.6) is 5.75 Å². The number of pyridine rings is 1. The number of likely N-dealkylation sites (tertiary alicyclic amines) is 1. The molecule has 0 bridgehead atoms. The first kappa shape index (κ1) is 33.4. The second-order valence-electron chi connectivity index (χ2n) is 11.4. The van der Waals surface area contributed by atoms with Crippen molar-refractivity contribution in [3.63, 3.8) is 0 Å². The van der Waals surface area contributed by atoms with Crippen molar-refractivity contribution in [3.05, 3.63) is 99.7 Å². The quantitative estimate of drug-likeness (QED) is 0.129. The maximum Gasteiger partial charge on any atom is 0.573 e. The molecule has 1 saturated heterocycles. The lowest BCUT2D eigenvalue weighted by Crippen LogP contribution is -2.48. The number of nitrogens with zero attached hydrogens (tertiary/aromatic N) is 4. The highest BCUT2D eigenvalue weighted by atomic mass is 35.5. The summed E-state index contributed by atoms with van der Waals surface area (Å²) in [6, 6.07) is 14.9. The van der Waals surface area contributed by atoms with E-state index >= 15 is 0 Å². The molecular weight excluding hydrogens is 671 g/mol. The first-order chi connectivity index (χ1) is 23.0. The fraction of sp³-hybridized carbons (Fsp3) is 0.273. The van der Waals surface area contributed by atoms with Crippen molar-refractivity contribution in [1.29, 1.82) is 5.26 Å². The van der Waals surface area contributed by atoms with Crippen molar-refractivity contribution in [1.82, 2.24) is 25.9 Å². The van der Waals surface area contributed by atoms with E-state index in [1.807, 2.05) is 11.2 Å². The van der Waals surface area contributed by atoms with Crippen molar-refractivity contribution in [2.45, 2.75) is 38.2 Å². The van der Waals surface area contributed by atoms with Crippen LogP contribution in [0.4, 0.5) is 34.6 Å². The monoisotopic (exact) mass is 700 g/mol. The van der Waals surface area contributed by atoms with E-state index in [9.17, 15) is 22.8 Å². The van der Waals surface area contributed by atoms with E-state index in [0.717, 1.165) is 32.5 Å². The molecule has 3 heterocycles. The molecule has 250 valence electrons. The minimum Gasteiger partial charge on any atom is -0.406 e. The number of hydrogen-bond donors (Lipinski definition) is 4. The fourth-order valence-electron chi connectivity index (χ4n) is 5.85. The number of hydrazine groups is 2. The molecule has 48 heavy (non-hydrogen) atoms. The summed E-state index contributed by atoms with van der Waals surface area (Å²) in [5, 5.41) is 19.2. The molecule has 0 amide bonds. The summed E-state index contributed by atoms with van der Waals surface area (Å²) in [5.74, 6) is -0.934. The number of fused-ring (bicyclic) bond motifs is 1. The zero-order valence-electron chi connectivity index (χ0n) is 25.5. The molecule has 6 rings (SSSR count). The molecule has 9 nitrogen and oxygen atoms in total. The summed E-state index contributed by atoms with van der Waals surface area (Å²) in [6.45, 7) is 5.08. The molecule has 1 unspecified atom stereocenters. The van der Waals surface area contributed by atoms with Gasteiger partial charge in [0.05, 0.1) is 38.6 Å². The summed E-state index contributed by atoms with van der Waals surface area (Å²) in [5.41, 5.74) is 9.76. The smallest absolute Gasteiger partial charge is 0.406 e. The second kappa shape index (κ2) is 13.9. The van der Waals surface area contributed by atoms with Gasteiger partial charge in [-0.05, 0) is 67.4 Å². The number of benzene rings is 3. The van der Waals surface area contributed by atoms with Gasteiger partial charge in [-0.1, -0.05) is 42.3 Å². The van der Waals surface area contributed by atoms with Crippen molar-refractivity contribution >= 4 is 51.2 Å². The van der Waals surface area contributed by atoms with E-state index in [-0.39, 0.29) is 27.4 Å². The van der Waals surface area contributed by atoms with Crippen LogP contribution in [-0.2, 0) is 0 Å². The average molecular weight is 702 g/mol. The third-order valence-corrected chi connectivity index (χ3v) is 8.89. The maximum atomic E-state index is 13.9. The Hall–Kier alpha value is -4.48. The zero-order chi connectivity index (χ0) is 34.0. The lowest BCUT2D eigenvalue weighted by Gasteiger charge is -2.35. The Kier molecular flexibility index (Phi) is 9.70. The van der Waals surface area contributed by atoms with Crippen LogP contribution in [0.3, 0.4) is 0 Å². The molecule has 0 aliphatic carbocycles. The van der Waals surface area contributed by atoms with E-state index in [1.165, 1.54) is 36.5 Å². The summed E-state index contributed by atoms with van der Waals surface area (Å²) in [6.07, 6.45) is 0.429. The third kappa shape index (κ3) is 7.47. The highest BCUT2D eigenvalue weighted by molar-refractivity contribution is 6.36. The minimum absolute atomic E-state index is 0.0948. The number of alkyl halides is 3. The molecule has 2 aliphatic heterocycles. The van der Waals surface area contributed by atoms with Crippen molar-refractivity contribution in [2.24, 2.45) is 0 Å². The predicted molar refractivity (Wildman–Crippen MR) is 177 cm³/mol. The highest BCUT2D eigenvalue weighted by Gasteiger charge is 2.32. The molecule has 1 aromatic heterocycles. The molecule has 4 N–H and O–H groups in total. The lowest BCUT2D eigenvalue weighted by molar-refractivity contribution is -0.274. The molecule has 3 aromatic carbocycles. The molecule has 0 spiro atoms. The molecule has 1 atom stereocenters. The standard InChI is InChI=1S/C33H30Cl2F4N8O/c1-2-46-11-9-23(10-12-46)47-18-29(44-45-47)31(19-3-6-24(7-4-19)48-33(37,38)39)43-22-13-25-30(42-21-5-8-28(36)26(34)14-21)20(16-40)17-41-32(25)27(35)15-22/h3-8,13-15,17-18,23,31,43-45H,2,9-12H2,1H3,(H,41,42). The van der Waals surface area contributed by atoms with E-state index in [2.05, 4.69) is 49.2 Å². The summed E-state index contributed by atoms with van der Waals surface area (Å²) < 4.78 is 56.6. The van der Waals surface area contributed by atoms with Gasteiger partial charge in [0.1, 0.15) is 17.6 Å². The number of hydrogen-bond acceptors (Lipinski definition) is 9. The molecular formula is C33H30Cl2F4N8O. The summed E-state index contributed by atoms with van der Waals surface area (Å²) >= 11 is 12.7. The number of nitrogens with one attached hydrogen (secondary N) is 4. The van der Waals surface area contributed by atoms with Crippen LogP contribution in [0, 0.1) is 17.1 Å². The Morgan fingerprint density at radius 3 is 2.46 bits per heavy atom. The topological polar surface area (TPSA) is 101 Å². The molecule has 0 radical (unpaired) electrons. The average Bonchev–Trinajstić information content (AvgIpc) is 3.55. The van der Waals surface area contributed by atoms with Crippen LogP contribution in [-0.4, -0.2) is 46.9 Å². The van der Waals surface area contributed by atoms with Gasteiger partial charge in [0.15, 0.2) is 0 Å². The van der Waals surface area contributed by atoms with Gasteiger partial charge in [-0.3, -0.25) is 9.99 Å². The van der Waals surface area contributed by atoms with Crippen LogP contribution in [0.2, 0.25) is 10.0 Å². The van der Waals surface area contributed by atoms with Crippen molar-refractivity contribution in [2.75, 3.05) is 30.3 Å². The Bertz CT molecular complexity index is 1880. The van der Waals surface area contributed by atoms with Gasteiger partial charge in [0.2, 0.25) is 0 Å². The van der Waals surface area contributed by atoms with Crippen LogP contribution in [0.15, 0.2) is 72.7 Å². The number of aromatic nitrogens is 1. The number of piperidine rings is 1. The normalized spacial score (nSPS) is 16.3. The number of nitriles is 1. The van der Waals surface area contributed by atoms with E-state index in [1.54, 1.807) is 24.3 Å². The zero-order valence-corrected chi connectivity index (χ0v) is 27.0. The van der Waals surface area contributed by atoms with Crippen molar-refractivity contribution < 1.29 is 22.3 Å². The summed E-state index contributed by atoms with van der Waals surface area (Å²) in [4.78, 5) is 6.79. The second-order valence-corrected chi connectivity index (χ2v) is 12.2. The Labute approximate surface area is 284 Å². The lowest BCUT2D eigenvalue weighted by atomic mass is 10.0. The molecule has 4 aromatic rings. The Morgan fingerprint density at radius 2 is 1.79 bits per heavy atom. The van der Waals surface area contributed by atoms with Gasteiger partial charge < -0.3 is 25.7 Å². The van der Waals surface area contributed by atoms with Gasteiger partial charge in [-0.2, -0.15) is 5.26 Å². The van der Waals surface area contributed by atoms with Crippen LogP contribution in [0.25, 0.3) is 10.9 Å². The number of rotatable bonds is 9. The van der Waals surface area contributed by atoms with Crippen LogP contribution < -0.4 is 26.3 Å². The molecule has 1 fully saturated rings. The van der Waals surface area contributed by atoms with Crippen LogP contribution >= 0.6 is 23.2 Å². The van der Waals surface area contributed by atoms with E-state index in [4.69, 9.17) is 23.2 Å². The first-order valence-corrected chi connectivity index (χ1v) is 15.9. The number of ether oxygens (including phenoxy) is 1. The van der Waals surface area contributed by atoms with E-state index in [0.29, 0.717) is 39.2 Å². The maximum absolute atomic E-state index is 13.9. The van der Waals surface area contributed by atoms with Gasteiger partial charge >= 0.3 is 6.36 Å². The summed E-state index contributed by atoms with van der Waals surface area (Å²) in [7, 11) is 0. The first-order valence-electron chi connectivity index (χ1n) is 15.1. The van der Waals surface area contributed by atoms with Gasteiger partial charge in [0, 0.05) is 48.3 Å². The largest absolute Gasteiger partial charge is 0.573 e. The number of anilines is 3. The Morgan fingerprint density at radius 1 is 1.06 bits per heavy atom. The SMILES string of the molecule is CCN1CCC(N2C=C(C(Nc3cc(Cl)c4ncc(C#N)c(Nc5ccc(F)c(Cl)c5)c4c3)c3ccc(OC(F)(F)F)cc3)NN2)CC1. The van der Waals surface area contributed by atoms with Gasteiger partial charge in [0.25, 0.3) is 0 Å². The molecule has 15 heteroatoms. The third-order valence-electron chi connectivity index (χ3n) is 8.31. The van der Waals surface area contributed by atoms with Crippen LogP contribution in [0.1, 0.15) is 36.9 Å². The Balaban J connectivity index is 1.37. The van der Waals surface area contributed by atoms with Gasteiger partial charge in [-0.25, -0.2) is 4.39 Å². The molecule has 2 aliphatic rings. The van der Waals surface area contributed by atoms with Crippen molar-refractivity contribution in [3.8, 4) is 11.8 Å². The minimum atomic E-state index is -4.82.